The number of unbranched alkanes of at least 4 members (excludes halogenated alkanes) is 1. The van der Waals surface area contributed by atoms with Crippen LogP contribution in [0.15, 0.2) is 18.2 Å². The maximum atomic E-state index is 13.4. The summed E-state index contributed by atoms with van der Waals surface area (Å²) in [7, 11) is 0. The molecule has 114 valence electrons. The van der Waals surface area contributed by atoms with E-state index >= 15 is 0 Å². The normalized spacial score (nSPS) is 10.0. The molecule has 0 bridgehead atoms. The Hall–Kier alpha value is -2.44. The first-order chi connectivity index (χ1) is 9.88. The maximum absolute atomic E-state index is 13.4. The fourth-order valence-corrected chi connectivity index (χ4v) is 1.67. The SMILES string of the molecule is CC(=O)Nc1cc(NC(=O)CCCCC(=O)O)ccc1F. The van der Waals surface area contributed by atoms with E-state index in [-0.39, 0.29) is 24.4 Å². The highest BCUT2D eigenvalue weighted by Gasteiger charge is 2.08. The van der Waals surface area contributed by atoms with E-state index in [9.17, 15) is 18.8 Å². The number of rotatable bonds is 7. The molecule has 0 aliphatic carbocycles. The number of carbonyl (C=O) groups excluding carboxylic acids is 2. The third kappa shape index (κ3) is 6.51. The van der Waals surface area contributed by atoms with Gasteiger partial charge in [0.1, 0.15) is 5.82 Å². The van der Waals surface area contributed by atoms with Crippen LogP contribution in [-0.4, -0.2) is 22.9 Å². The molecule has 1 rings (SSSR count). The Balaban J connectivity index is 2.52. The molecule has 3 N–H and O–H groups in total. The van der Waals surface area contributed by atoms with Gasteiger partial charge >= 0.3 is 5.97 Å². The highest BCUT2D eigenvalue weighted by molar-refractivity contribution is 5.93. The summed E-state index contributed by atoms with van der Waals surface area (Å²) >= 11 is 0. The molecule has 0 atom stereocenters. The lowest BCUT2D eigenvalue weighted by molar-refractivity contribution is -0.137. The second kappa shape index (κ2) is 7.98. The number of carbonyl (C=O) groups is 3. The summed E-state index contributed by atoms with van der Waals surface area (Å²) in [5, 5.41) is 13.4. The summed E-state index contributed by atoms with van der Waals surface area (Å²) in [5.74, 6) is -2.19. The second-order valence-corrected chi connectivity index (χ2v) is 4.52. The van der Waals surface area contributed by atoms with E-state index in [2.05, 4.69) is 10.6 Å². The van der Waals surface area contributed by atoms with Gasteiger partial charge in [-0.25, -0.2) is 4.39 Å². The van der Waals surface area contributed by atoms with Crippen molar-refractivity contribution >= 4 is 29.2 Å². The van der Waals surface area contributed by atoms with Crippen molar-refractivity contribution in [3.05, 3.63) is 24.0 Å². The van der Waals surface area contributed by atoms with E-state index < -0.39 is 17.7 Å². The van der Waals surface area contributed by atoms with Crippen LogP contribution < -0.4 is 10.6 Å². The van der Waals surface area contributed by atoms with Gasteiger partial charge in [0.2, 0.25) is 11.8 Å². The number of hydrogen-bond donors (Lipinski definition) is 3. The van der Waals surface area contributed by atoms with Gasteiger partial charge < -0.3 is 15.7 Å². The predicted octanol–water partition coefficient (Wildman–Crippen LogP) is 2.37. The average Bonchev–Trinajstić information content (AvgIpc) is 2.38. The van der Waals surface area contributed by atoms with Gasteiger partial charge in [-0.15, -0.1) is 0 Å². The fraction of sp³-hybridized carbons (Fsp3) is 0.357. The number of anilines is 2. The number of hydrogen-bond acceptors (Lipinski definition) is 3. The van der Waals surface area contributed by atoms with Crippen LogP contribution in [0.3, 0.4) is 0 Å². The Bertz CT molecular complexity index is 546. The molecule has 0 fully saturated rings. The first kappa shape index (κ1) is 16.6. The average molecular weight is 296 g/mol. The summed E-state index contributed by atoms with van der Waals surface area (Å²) in [6, 6.07) is 3.85. The van der Waals surface area contributed by atoms with Gasteiger partial charge in [-0.05, 0) is 31.0 Å². The lowest BCUT2D eigenvalue weighted by Gasteiger charge is -2.08. The number of carboxylic acid groups (broad SMARTS) is 1. The van der Waals surface area contributed by atoms with Crippen molar-refractivity contribution in [1.29, 1.82) is 0 Å². The van der Waals surface area contributed by atoms with Gasteiger partial charge in [-0.1, -0.05) is 0 Å². The zero-order valence-corrected chi connectivity index (χ0v) is 11.6. The van der Waals surface area contributed by atoms with Crippen LogP contribution in [0.2, 0.25) is 0 Å². The molecule has 7 heteroatoms. The third-order valence-corrected chi connectivity index (χ3v) is 2.61. The van der Waals surface area contributed by atoms with E-state index in [1.165, 1.54) is 19.1 Å². The molecule has 1 aromatic rings. The van der Waals surface area contributed by atoms with Crippen molar-refractivity contribution in [2.24, 2.45) is 0 Å². The Morgan fingerprint density at radius 1 is 1.14 bits per heavy atom. The van der Waals surface area contributed by atoms with Crippen LogP contribution in [0.5, 0.6) is 0 Å². The monoisotopic (exact) mass is 296 g/mol. The minimum absolute atomic E-state index is 0.00817. The van der Waals surface area contributed by atoms with Crippen molar-refractivity contribution in [2.75, 3.05) is 10.6 Å². The molecule has 0 aromatic heterocycles. The number of nitrogens with one attached hydrogen (secondary N) is 2. The molecule has 0 aliphatic heterocycles. The topological polar surface area (TPSA) is 95.5 Å². The molecular weight excluding hydrogens is 279 g/mol. The molecule has 21 heavy (non-hydrogen) atoms. The van der Waals surface area contributed by atoms with Gasteiger partial charge in [0, 0.05) is 25.5 Å². The summed E-state index contributed by atoms with van der Waals surface area (Å²) < 4.78 is 13.4. The van der Waals surface area contributed by atoms with Gasteiger partial charge in [0.25, 0.3) is 0 Å². The second-order valence-electron chi connectivity index (χ2n) is 4.52. The molecule has 0 heterocycles. The zero-order chi connectivity index (χ0) is 15.8. The van der Waals surface area contributed by atoms with Crippen molar-refractivity contribution in [3.8, 4) is 0 Å². The van der Waals surface area contributed by atoms with Crippen LogP contribution in [0, 0.1) is 5.82 Å². The summed E-state index contributed by atoms with van der Waals surface area (Å²) in [4.78, 5) is 32.9. The summed E-state index contributed by atoms with van der Waals surface area (Å²) in [6.45, 7) is 1.26. The lowest BCUT2D eigenvalue weighted by Crippen LogP contribution is -2.13. The molecule has 1 aromatic carbocycles. The lowest BCUT2D eigenvalue weighted by atomic mass is 10.2. The fourth-order valence-electron chi connectivity index (χ4n) is 1.67. The zero-order valence-electron chi connectivity index (χ0n) is 11.6. The van der Waals surface area contributed by atoms with Crippen LogP contribution in [-0.2, 0) is 14.4 Å². The van der Waals surface area contributed by atoms with E-state index in [0.717, 1.165) is 6.07 Å². The van der Waals surface area contributed by atoms with Crippen LogP contribution >= 0.6 is 0 Å². The molecule has 0 saturated carbocycles. The first-order valence-corrected chi connectivity index (χ1v) is 6.47. The standard InChI is InChI=1S/C14H17FN2O4/c1-9(18)16-12-8-10(6-7-11(12)15)17-13(19)4-2-3-5-14(20)21/h6-8H,2-5H2,1H3,(H,16,18)(H,17,19)(H,20,21). The van der Waals surface area contributed by atoms with E-state index in [1.807, 2.05) is 0 Å². The van der Waals surface area contributed by atoms with Gasteiger partial charge in [0.05, 0.1) is 5.69 Å². The molecule has 0 spiro atoms. The Kier molecular flexibility index (Phi) is 6.32. The van der Waals surface area contributed by atoms with Crippen molar-refractivity contribution in [2.45, 2.75) is 32.6 Å². The van der Waals surface area contributed by atoms with Crippen LogP contribution in [0.25, 0.3) is 0 Å². The van der Waals surface area contributed by atoms with Crippen molar-refractivity contribution in [1.82, 2.24) is 0 Å². The first-order valence-electron chi connectivity index (χ1n) is 6.47. The smallest absolute Gasteiger partial charge is 0.303 e. The molecular formula is C14H17FN2O4. The highest BCUT2D eigenvalue weighted by atomic mass is 19.1. The predicted molar refractivity (Wildman–Crippen MR) is 75.4 cm³/mol. The number of benzene rings is 1. The van der Waals surface area contributed by atoms with E-state index in [0.29, 0.717) is 18.5 Å². The number of amides is 2. The largest absolute Gasteiger partial charge is 0.481 e. The summed E-state index contributed by atoms with van der Waals surface area (Å²) in [5.41, 5.74) is 0.356. The van der Waals surface area contributed by atoms with Crippen LogP contribution in [0.4, 0.5) is 15.8 Å². The minimum atomic E-state index is -0.895. The Labute approximate surface area is 121 Å². The Morgan fingerprint density at radius 3 is 2.43 bits per heavy atom. The number of carboxylic acids is 1. The number of halogens is 1. The third-order valence-electron chi connectivity index (χ3n) is 2.61. The van der Waals surface area contributed by atoms with Crippen LogP contribution in [0.1, 0.15) is 32.6 Å². The van der Waals surface area contributed by atoms with Gasteiger partial charge in [-0.2, -0.15) is 0 Å². The van der Waals surface area contributed by atoms with Gasteiger partial charge in [0.15, 0.2) is 0 Å². The van der Waals surface area contributed by atoms with Gasteiger partial charge in [-0.3, -0.25) is 14.4 Å². The summed E-state index contributed by atoms with van der Waals surface area (Å²) in [6.07, 6.45) is 1.08. The molecule has 0 saturated heterocycles. The van der Waals surface area contributed by atoms with E-state index in [4.69, 9.17) is 5.11 Å². The molecule has 0 unspecified atom stereocenters. The quantitative estimate of drug-likeness (QED) is 0.673. The Morgan fingerprint density at radius 2 is 1.81 bits per heavy atom. The van der Waals surface area contributed by atoms with Crippen molar-refractivity contribution in [3.63, 3.8) is 0 Å². The molecule has 2 amide bonds. The molecule has 0 aliphatic rings. The molecule has 6 nitrogen and oxygen atoms in total. The minimum Gasteiger partial charge on any atom is -0.481 e. The molecule has 0 radical (unpaired) electrons. The highest BCUT2D eigenvalue weighted by Crippen LogP contribution is 2.20. The number of aliphatic carboxylic acids is 1. The maximum Gasteiger partial charge on any atom is 0.303 e. The van der Waals surface area contributed by atoms with Crippen molar-refractivity contribution < 1.29 is 23.9 Å². The van der Waals surface area contributed by atoms with E-state index in [1.54, 1.807) is 0 Å².